The number of nitrogens with one attached hydrogen (secondary N) is 1. The molecule has 0 aliphatic heterocycles. The third-order valence-electron chi connectivity index (χ3n) is 3.82. The van der Waals surface area contributed by atoms with Gasteiger partial charge >= 0.3 is 0 Å². The Bertz CT molecular complexity index is 315. The van der Waals surface area contributed by atoms with Crippen molar-refractivity contribution in [1.29, 1.82) is 0 Å². The van der Waals surface area contributed by atoms with E-state index in [9.17, 15) is 0 Å². The zero-order chi connectivity index (χ0) is 12.7. The van der Waals surface area contributed by atoms with E-state index in [4.69, 9.17) is 0 Å². The van der Waals surface area contributed by atoms with Crippen LogP contribution in [0.2, 0.25) is 0 Å². The molecule has 0 saturated carbocycles. The summed E-state index contributed by atoms with van der Waals surface area (Å²) in [7, 11) is 0. The number of rotatable bonds is 7. The standard InChI is InChI=1S/C16H27N/c1-5-14(6-2)16(12-17-7-3)15-11-9-8-10-13(15)4/h8-11,14,16-17H,5-7,12H2,1-4H3. The number of likely N-dealkylation sites (N-methyl/N-ethyl adjacent to an activating group) is 1. The topological polar surface area (TPSA) is 12.0 Å². The highest BCUT2D eigenvalue weighted by Gasteiger charge is 2.21. The number of benzene rings is 1. The maximum Gasteiger partial charge on any atom is 0.00228 e. The molecule has 0 fully saturated rings. The SMILES string of the molecule is CCNCC(c1ccccc1C)C(CC)CC. The molecule has 1 unspecified atom stereocenters. The lowest BCUT2D eigenvalue weighted by molar-refractivity contribution is 0.381. The maximum absolute atomic E-state index is 3.52. The monoisotopic (exact) mass is 233 g/mol. The van der Waals surface area contributed by atoms with Crippen molar-refractivity contribution in [3.63, 3.8) is 0 Å². The van der Waals surface area contributed by atoms with Crippen LogP contribution in [0.1, 0.15) is 50.7 Å². The van der Waals surface area contributed by atoms with E-state index in [1.54, 1.807) is 0 Å². The van der Waals surface area contributed by atoms with Crippen molar-refractivity contribution in [2.24, 2.45) is 5.92 Å². The van der Waals surface area contributed by atoms with Gasteiger partial charge in [-0.1, -0.05) is 57.9 Å². The molecule has 96 valence electrons. The summed E-state index contributed by atoms with van der Waals surface area (Å²) in [5, 5.41) is 3.52. The highest BCUT2D eigenvalue weighted by molar-refractivity contribution is 5.30. The molecule has 17 heavy (non-hydrogen) atoms. The number of aryl methyl sites for hydroxylation is 1. The van der Waals surface area contributed by atoms with E-state index in [2.05, 4.69) is 57.3 Å². The van der Waals surface area contributed by atoms with E-state index in [1.165, 1.54) is 24.0 Å². The minimum absolute atomic E-state index is 0.658. The molecule has 0 aliphatic carbocycles. The van der Waals surface area contributed by atoms with Gasteiger partial charge in [0.2, 0.25) is 0 Å². The summed E-state index contributed by atoms with van der Waals surface area (Å²) in [5.41, 5.74) is 2.96. The van der Waals surface area contributed by atoms with Crippen molar-refractivity contribution in [3.8, 4) is 0 Å². The second-order valence-corrected chi connectivity index (χ2v) is 4.85. The van der Waals surface area contributed by atoms with Gasteiger partial charge in [0.05, 0.1) is 0 Å². The molecule has 0 heterocycles. The van der Waals surface area contributed by atoms with Crippen LogP contribution in [0.25, 0.3) is 0 Å². The summed E-state index contributed by atoms with van der Waals surface area (Å²) >= 11 is 0. The number of hydrogen-bond donors (Lipinski definition) is 1. The molecule has 0 spiro atoms. The van der Waals surface area contributed by atoms with Gasteiger partial charge in [0.1, 0.15) is 0 Å². The van der Waals surface area contributed by atoms with E-state index in [0.29, 0.717) is 5.92 Å². The van der Waals surface area contributed by atoms with Crippen LogP contribution in [0.4, 0.5) is 0 Å². The van der Waals surface area contributed by atoms with E-state index < -0.39 is 0 Å². The van der Waals surface area contributed by atoms with Crippen LogP contribution in [-0.4, -0.2) is 13.1 Å². The van der Waals surface area contributed by atoms with Gasteiger partial charge in [-0.3, -0.25) is 0 Å². The Hall–Kier alpha value is -0.820. The first-order chi connectivity index (χ1) is 8.24. The molecule has 0 saturated heterocycles. The van der Waals surface area contributed by atoms with Crippen LogP contribution >= 0.6 is 0 Å². The lowest BCUT2D eigenvalue weighted by Crippen LogP contribution is -2.26. The van der Waals surface area contributed by atoms with Gasteiger partial charge < -0.3 is 5.32 Å². The zero-order valence-corrected chi connectivity index (χ0v) is 11.8. The summed E-state index contributed by atoms with van der Waals surface area (Å²) in [6.07, 6.45) is 2.53. The fourth-order valence-corrected chi connectivity index (χ4v) is 2.69. The average Bonchev–Trinajstić information content (AvgIpc) is 2.36. The van der Waals surface area contributed by atoms with Gasteiger partial charge in [0.25, 0.3) is 0 Å². The van der Waals surface area contributed by atoms with E-state index >= 15 is 0 Å². The zero-order valence-electron chi connectivity index (χ0n) is 11.8. The fraction of sp³-hybridized carbons (Fsp3) is 0.625. The lowest BCUT2D eigenvalue weighted by atomic mass is 9.81. The quantitative estimate of drug-likeness (QED) is 0.747. The Kier molecular flexibility index (Phi) is 6.28. The first-order valence-corrected chi connectivity index (χ1v) is 7.00. The average molecular weight is 233 g/mol. The van der Waals surface area contributed by atoms with Crippen LogP contribution in [0.3, 0.4) is 0 Å². The van der Waals surface area contributed by atoms with Crippen molar-refractivity contribution in [1.82, 2.24) is 5.32 Å². The van der Waals surface area contributed by atoms with Gasteiger partial charge in [-0.15, -0.1) is 0 Å². The second-order valence-electron chi connectivity index (χ2n) is 4.85. The first-order valence-electron chi connectivity index (χ1n) is 7.00. The molecule has 0 aromatic heterocycles. The smallest absolute Gasteiger partial charge is 0.00228 e. The van der Waals surface area contributed by atoms with E-state index in [1.807, 2.05) is 0 Å². The van der Waals surface area contributed by atoms with E-state index in [0.717, 1.165) is 19.0 Å². The van der Waals surface area contributed by atoms with Crippen molar-refractivity contribution < 1.29 is 0 Å². The van der Waals surface area contributed by atoms with Crippen molar-refractivity contribution >= 4 is 0 Å². The summed E-state index contributed by atoms with van der Waals surface area (Å²) < 4.78 is 0. The summed E-state index contributed by atoms with van der Waals surface area (Å²) in [6.45, 7) is 11.2. The largest absolute Gasteiger partial charge is 0.316 e. The van der Waals surface area contributed by atoms with Crippen LogP contribution in [0.15, 0.2) is 24.3 Å². The predicted molar refractivity (Wildman–Crippen MR) is 76.5 cm³/mol. The molecule has 1 aromatic rings. The molecule has 1 heteroatoms. The molecule has 1 nitrogen and oxygen atoms in total. The summed E-state index contributed by atoms with van der Waals surface area (Å²) in [5.74, 6) is 1.45. The Balaban J connectivity index is 2.92. The molecule has 0 amide bonds. The van der Waals surface area contributed by atoms with Gasteiger partial charge in [-0.2, -0.15) is 0 Å². The minimum atomic E-state index is 0.658. The van der Waals surface area contributed by atoms with Crippen molar-refractivity contribution in [2.75, 3.05) is 13.1 Å². The van der Waals surface area contributed by atoms with Gasteiger partial charge in [-0.05, 0) is 36.4 Å². The Labute approximate surface area is 107 Å². The second kappa shape index (κ2) is 7.50. The number of hydrogen-bond acceptors (Lipinski definition) is 1. The molecule has 1 atom stereocenters. The molecule has 1 aromatic carbocycles. The maximum atomic E-state index is 3.52. The highest BCUT2D eigenvalue weighted by Crippen LogP contribution is 2.31. The van der Waals surface area contributed by atoms with Gasteiger partial charge in [0, 0.05) is 6.54 Å². The summed E-state index contributed by atoms with van der Waals surface area (Å²) in [4.78, 5) is 0. The van der Waals surface area contributed by atoms with E-state index in [-0.39, 0.29) is 0 Å². The first kappa shape index (κ1) is 14.2. The molecular formula is C16H27N. The normalized spacial score (nSPS) is 13.0. The van der Waals surface area contributed by atoms with Crippen LogP contribution < -0.4 is 5.32 Å². The molecular weight excluding hydrogens is 206 g/mol. The molecule has 0 aliphatic rings. The van der Waals surface area contributed by atoms with Crippen LogP contribution in [-0.2, 0) is 0 Å². The van der Waals surface area contributed by atoms with Gasteiger partial charge in [-0.25, -0.2) is 0 Å². The lowest BCUT2D eigenvalue weighted by Gasteiger charge is -2.27. The predicted octanol–water partition coefficient (Wildman–Crippen LogP) is 4.12. The molecule has 0 bridgehead atoms. The molecule has 1 N–H and O–H groups in total. The highest BCUT2D eigenvalue weighted by atomic mass is 14.8. The Morgan fingerprint density at radius 2 is 1.71 bits per heavy atom. The third-order valence-corrected chi connectivity index (χ3v) is 3.82. The fourth-order valence-electron chi connectivity index (χ4n) is 2.69. The van der Waals surface area contributed by atoms with Crippen molar-refractivity contribution in [3.05, 3.63) is 35.4 Å². The van der Waals surface area contributed by atoms with Gasteiger partial charge in [0.15, 0.2) is 0 Å². The third kappa shape index (κ3) is 3.85. The molecule has 0 radical (unpaired) electrons. The Morgan fingerprint density at radius 3 is 2.24 bits per heavy atom. The minimum Gasteiger partial charge on any atom is -0.316 e. The molecule has 1 rings (SSSR count). The van der Waals surface area contributed by atoms with Crippen LogP contribution in [0.5, 0.6) is 0 Å². The van der Waals surface area contributed by atoms with Crippen molar-refractivity contribution in [2.45, 2.75) is 46.5 Å². The van der Waals surface area contributed by atoms with Crippen LogP contribution in [0, 0.1) is 12.8 Å². The summed E-state index contributed by atoms with van der Waals surface area (Å²) in [6, 6.07) is 8.84. The Morgan fingerprint density at radius 1 is 1.06 bits per heavy atom.